The van der Waals surface area contributed by atoms with Crippen molar-refractivity contribution in [2.24, 2.45) is 5.41 Å². The fraction of sp³-hybridized carbons (Fsp3) is 0.462. The number of anilines is 1. The zero-order valence-electron chi connectivity index (χ0n) is 10.1. The van der Waals surface area contributed by atoms with Crippen LogP contribution in [0.2, 0.25) is 5.02 Å². The summed E-state index contributed by atoms with van der Waals surface area (Å²) in [5.74, 6) is -0.209. The van der Waals surface area contributed by atoms with Crippen molar-refractivity contribution in [1.82, 2.24) is 5.32 Å². The third-order valence-corrected chi connectivity index (χ3v) is 3.85. The summed E-state index contributed by atoms with van der Waals surface area (Å²) in [5, 5.41) is 12.2. The predicted molar refractivity (Wildman–Crippen MR) is 71.6 cm³/mol. The number of rotatable bonds is 5. The van der Waals surface area contributed by atoms with Gasteiger partial charge >= 0.3 is 0 Å². The lowest BCUT2D eigenvalue weighted by molar-refractivity contribution is 0.0941. The molecule has 18 heavy (non-hydrogen) atoms. The number of benzene rings is 1. The maximum atomic E-state index is 12.0. The van der Waals surface area contributed by atoms with E-state index in [0.29, 0.717) is 22.8 Å². The van der Waals surface area contributed by atoms with Crippen molar-refractivity contribution in [3.05, 3.63) is 28.8 Å². The number of carbonyl (C=O) groups excluding carboxylic acids is 1. The van der Waals surface area contributed by atoms with E-state index < -0.39 is 0 Å². The number of nitrogens with two attached hydrogens (primary N) is 1. The molecule has 1 aliphatic rings. The highest BCUT2D eigenvalue weighted by atomic mass is 35.5. The Kier molecular flexibility index (Phi) is 3.78. The number of nitrogen functional groups attached to an aromatic ring is 1. The number of hydrogen-bond donors (Lipinski definition) is 3. The summed E-state index contributed by atoms with van der Waals surface area (Å²) >= 11 is 5.87. The zero-order chi connectivity index (χ0) is 13.2. The summed E-state index contributed by atoms with van der Waals surface area (Å²) in [6.07, 6.45) is 2.84. The molecule has 1 saturated carbocycles. The van der Waals surface area contributed by atoms with Gasteiger partial charge in [0.2, 0.25) is 0 Å². The van der Waals surface area contributed by atoms with E-state index in [1.807, 2.05) is 0 Å². The molecule has 1 fully saturated rings. The molecule has 0 spiro atoms. The second-order valence-corrected chi connectivity index (χ2v) is 5.26. The Labute approximate surface area is 111 Å². The van der Waals surface area contributed by atoms with Crippen molar-refractivity contribution >= 4 is 23.2 Å². The van der Waals surface area contributed by atoms with Gasteiger partial charge in [-0.15, -0.1) is 0 Å². The van der Waals surface area contributed by atoms with Gasteiger partial charge in [0.25, 0.3) is 5.91 Å². The first kappa shape index (κ1) is 13.2. The smallest absolute Gasteiger partial charge is 0.253 e. The molecule has 0 saturated heterocycles. The van der Waals surface area contributed by atoms with Gasteiger partial charge in [0.1, 0.15) is 0 Å². The highest BCUT2D eigenvalue weighted by Crippen LogP contribution is 2.47. The highest BCUT2D eigenvalue weighted by Gasteiger charge is 2.41. The molecule has 0 unspecified atom stereocenters. The topological polar surface area (TPSA) is 75.4 Å². The Bertz CT molecular complexity index is 458. The van der Waals surface area contributed by atoms with E-state index in [0.717, 1.165) is 19.3 Å². The largest absolute Gasteiger partial charge is 0.397 e. The van der Waals surface area contributed by atoms with E-state index >= 15 is 0 Å². The van der Waals surface area contributed by atoms with Crippen LogP contribution in [0.25, 0.3) is 0 Å². The highest BCUT2D eigenvalue weighted by molar-refractivity contribution is 6.33. The molecule has 0 atom stereocenters. The van der Waals surface area contributed by atoms with Gasteiger partial charge in [-0.25, -0.2) is 0 Å². The summed E-state index contributed by atoms with van der Waals surface area (Å²) in [6, 6.07) is 5.01. The van der Waals surface area contributed by atoms with Gasteiger partial charge in [0, 0.05) is 13.2 Å². The predicted octanol–water partition coefficient (Wildman–Crippen LogP) is 1.81. The molecule has 0 aromatic heterocycles. The second kappa shape index (κ2) is 5.16. The first-order valence-electron chi connectivity index (χ1n) is 6.01. The van der Waals surface area contributed by atoms with Crippen molar-refractivity contribution in [2.75, 3.05) is 18.9 Å². The molecule has 1 aliphatic carbocycles. The lowest BCUT2D eigenvalue weighted by Gasteiger charge is -2.15. The fourth-order valence-corrected chi connectivity index (χ4v) is 2.20. The molecule has 4 N–H and O–H groups in total. The van der Waals surface area contributed by atoms with E-state index in [1.54, 1.807) is 18.2 Å². The van der Waals surface area contributed by atoms with Crippen LogP contribution in [0.3, 0.4) is 0 Å². The van der Waals surface area contributed by atoms with E-state index in [2.05, 4.69) is 5.32 Å². The molecule has 0 heterocycles. The normalized spacial score (nSPS) is 16.3. The number of aliphatic hydroxyl groups is 1. The van der Waals surface area contributed by atoms with Crippen LogP contribution in [-0.2, 0) is 0 Å². The summed E-state index contributed by atoms with van der Waals surface area (Å²) in [4.78, 5) is 12.0. The van der Waals surface area contributed by atoms with Gasteiger partial charge in [-0.2, -0.15) is 0 Å². The fourth-order valence-electron chi connectivity index (χ4n) is 2.03. The molecule has 1 aromatic carbocycles. The van der Waals surface area contributed by atoms with Crippen molar-refractivity contribution in [3.63, 3.8) is 0 Å². The molecule has 4 nitrogen and oxygen atoms in total. The number of aliphatic hydroxyl groups excluding tert-OH is 1. The van der Waals surface area contributed by atoms with Crippen LogP contribution in [0, 0.1) is 5.41 Å². The zero-order valence-corrected chi connectivity index (χ0v) is 10.8. The summed E-state index contributed by atoms with van der Waals surface area (Å²) in [6.45, 7) is 0.744. The maximum absolute atomic E-state index is 12.0. The number of amides is 1. The summed E-state index contributed by atoms with van der Waals surface area (Å²) in [5.41, 5.74) is 6.57. The minimum absolute atomic E-state index is 0.0950. The Morgan fingerprint density at radius 2 is 2.22 bits per heavy atom. The van der Waals surface area contributed by atoms with E-state index in [4.69, 9.17) is 22.4 Å². The first-order valence-corrected chi connectivity index (χ1v) is 6.39. The van der Waals surface area contributed by atoms with Crippen LogP contribution in [0.15, 0.2) is 18.2 Å². The van der Waals surface area contributed by atoms with Crippen LogP contribution >= 0.6 is 11.6 Å². The third-order valence-electron chi connectivity index (χ3n) is 3.52. The molecule has 1 amide bonds. The number of para-hydroxylation sites is 1. The maximum Gasteiger partial charge on any atom is 0.253 e. The van der Waals surface area contributed by atoms with Crippen molar-refractivity contribution in [1.29, 1.82) is 0 Å². The van der Waals surface area contributed by atoms with Crippen LogP contribution in [0.5, 0.6) is 0 Å². The quantitative estimate of drug-likeness (QED) is 0.713. The van der Waals surface area contributed by atoms with Gasteiger partial charge in [0.05, 0.1) is 16.3 Å². The number of halogens is 1. The molecule has 0 aliphatic heterocycles. The Morgan fingerprint density at radius 3 is 2.83 bits per heavy atom. The van der Waals surface area contributed by atoms with E-state index in [1.165, 1.54) is 0 Å². The minimum atomic E-state index is -0.209. The molecular formula is C13H17ClN2O2. The average Bonchev–Trinajstić information content (AvgIpc) is 3.11. The van der Waals surface area contributed by atoms with Crippen molar-refractivity contribution in [2.45, 2.75) is 19.3 Å². The standard InChI is InChI=1S/C13H17ClN2O2/c14-10-3-1-2-9(11(10)15)12(18)16-8-13(4-5-13)6-7-17/h1-3,17H,4-8,15H2,(H,16,18). The first-order chi connectivity index (χ1) is 8.58. The summed E-state index contributed by atoms with van der Waals surface area (Å²) < 4.78 is 0. The van der Waals surface area contributed by atoms with E-state index in [9.17, 15) is 4.79 Å². The van der Waals surface area contributed by atoms with Crippen molar-refractivity contribution < 1.29 is 9.90 Å². The van der Waals surface area contributed by atoms with Crippen LogP contribution in [0.4, 0.5) is 5.69 Å². The molecule has 2 rings (SSSR count). The van der Waals surface area contributed by atoms with Gasteiger partial charge in [-0.1, -0.05) is 17.7 Å². The monoisotopic (exact) mass is 268 g/mol. The molecular weight excluding hydrogens is 252 g/mol. The third kappa shape index (κ3) is 2.76. The molecule has 0 radical (unpaired) electrons. The van der Waals surface area contributed by atoms with Gasteiger partial charge < -0.3 is 16.2 Å². The van der Waals surface area contributed by atoms with Crippen LogP contribution in [-0.4, -0.2) is 24.2 Å². The second-order valence-electron chi connectivity index (χ2n) is 4.86. The minimum Gasteiger partial charge on any atom is -0.397 e. The van der Waals surface area contributed by atoms with Crippen LogP contribution in [0.1, 0.15) is 29.6 Å². The number of carbonyl (C=O) groups is 1. The molecule has 98 valence electrons. The lowest BCUT2D eigenvalue weighted by atomic mass is 10.0. The van der Waals surface area contributed by atoms with Crippen LogP contribution < -0.4 is 11.1 Å². The Balaban J connectivity index is 1.98. The number of hydrogen-bond acceptors (Lipinski definition) is 3. The van der Waals surface area contributed by atoms with E-state index in [-0.39, 0.29) is 17.9 Å². The Morgan fingerprint density at radius 1 is 1.50 bits per heavy atom. The number of nitrogens with one attached hydrogen (secondary N) is 1. The van der Waals surface area contributed by atoms with Gasteiger partial charge in [-0.3, -0.25) is 4.79 Å². The van der Waals surface area contributed by atoms with Gasteiger partial charge in [0.15, 0.2) is 0 Å². The summed E-state index contributed by atoms with van der Waals surface area (Å²) in [7, 11) is 0. The van der Waals surface area contributed by atoms with Crippen molar-refractivity contribution in [3.8, 4) is 0 Å². The SMILES string of the molecule is Nc1c(Cl)cccc1C(=O)NCC1(CCO)CC1. The average molecular weight is 269 g/mol. The molecule has 0 bridgehead atoms. The Hall–Kier alpha value is -1.26. The lowest BCUT2D eigenvalue weighted by Crippen LogP contribution is -2.31. The molecule has 1 aromatic rings. The molecule has 5 heteroatoms. The van der Waals surface area contributed by atoms with Gasteiger partial charge in [-0.05, 0) is 36.8 Å².